The fourth-order valence-electron chi connectivity index (χ4n) is 3.42. The van der Waals surface area contributed by atoms with Crippen molar-refractivity contribution in [1.82, 2.24) is 0 Å². The van der Waals surface area contributed by atoms with E-state index >= 15 is 0 Å². The minimum absolute atomic E-state index is 0.354. The highest BCUT2D eigenvalue weighted by atomic mass is 14.9. The summed E-state index contributed by atoms with van der Waals surface area (Å²) in [4.78, 5) is 0. The van der Waals surface area contributed by atoms with Crippen molar-refractivity contribution in [2.75, 3.05) is 0 Å². The first-order valence-corrected chi connectivity index (χ1v) is 5.90. The van der Waals surface area contributed by atoms with Gasteiger partial charge < -0.3 is 5.73 Å². The molecule has 1 aromatic rings. The molecule has 2 saturated carbocycles. The van der Waals surface area contributed by atoms with Gasteiger partial charge in [-0.05, 0) is 29.7 Å². The number of hydrogen-bond acceptors (Lipinski definition) is 1. The van der Waals surface area contributed by atoms with Gasteiger partial charge in [0, 0.05) is 11.5 Å². The van der Waals surface area contributed by atoms with Crippen LogP contribution in [0, 0.1) is 11.3 Å². The summed E-state index contributed by atoms with van der Waals surface area (Å²) in [6.07, 6.45) is 2.66. The van der Waals surface area contributed by atoms with Crippen molar-refractivity contribution in [2.24, 2.45) is 17.1 Å². The van der Waals surface area contributed by atoms with Gasteiger partial charge in [0.25, 0.3) is 0 Å². The Morgan fingerprint density at radius 1 is 1.13 bits per heavy atom. The monoisotopic (exact) mass is 201 g/mol. The highest BCUT2D eigenvalue weighted by molar-refractivity contribution is 5.38. The second-order valence-corrected chi connectivity index (χ2v) is 5.85. The average molecular weight is 201 g/mol. The van der Waals surface area contributed by atoms with Gasteiger partial charge >= 0.3 is 0 Å². The Morgan fingerprint density at radius 3 is 2.07 bits per heavy atom. The Morgan fingerprint density at radius 2 is 1.67 bits per heavy atom. The first-order chi connectivity index (χ1) is 7.09. The number of nitrogens with two attached hydrogens (primary N) is 1. The van der Waals surface area contributed by atoms with E-state index in [-0.39, 0.29) is 0 Å². The number of benzene rings is 1. The van der Waals surface area contributed by atoms with Crippen LogP contribution in [0.2, 0.25) is 0 Å². The van der Waals surface area contributed by atoms with Crippen LogP contribution in [0.15, 0.2) is 30.3 Å². The van der Waals surface area contributed by atoms with Crippen LogP contribution >= 0.6 is 0 Å². The van der Waals surface area contributed by atoms with Gasteiger partial charge in [0.05, 0.1) is 0 Å². The molecular weight excluding hydrogens is 182 g/mol. The van der Waals surface area contributed by atoms with Gasteiger partial charge in [0.1, 0.15) is 0 Å². The zero-order chi connectivity index (χ0) is 10.7. The normalized spacial score (nSPS) is 34.9. The molecule has 0 bridgehead atoms. The molecule has 2 aliphatic carbocycles. The van der Waals surface area contributed by atoms with Crippen LogP contribution in [0.4, 0.5) is 0 Å². The zero-order valence-corrected chi connectivity index (χ0v) is 9.53. The van der Waals surface area contributed by atoms with E-state index < -0.39 is 0 Å². The summed E-state index contributed by atoms with van der Waals surface area (Å²) < 4.78 is 0. The molecule has 1 aromatic carbocycles. The standard InChI is InChI=1S/C14H19N/c1-13(2)11(12(13)15)14(8-9-14)10-6-4-3-5-7-10/h3-7,11-12H,8-9,15H2,1-2H3. The van der Waals surface area contributed by atoms with Crippen LogP contribution in [0.25, 0.3) is 0 Å². The topological polar surface area (TPSA) is 26.0 Å². The largest absolute Gasteiger partial charge is 0.327 e. The Kier molecular flexibility index (Phi) is 1.66. The van der Waals surface area contributed by atoms with Gasteiger partial charge in [-0.1, -0.05) is 44.2 Å². The molecule has 1 nitrogen and oxygen atoms in total. The van der Waals surface area contributed by atoms with Crippen molar-refractivity contribution >= 4 is 0 Å². The van der Waals surface area contributed by atoms with Crippen molar-refractivity contribution in [3.05, 3.63) is 35.9 Å². The molecule has 80 valence electrons. The third-order valence-corrected chi connectivity index (χ3v) is 4.64. The molecule has 0 saturated heterocycles. The quantitative estimate of drug-likeness (QED) is 0.782. The fourth-order valence-corrected chi connectivity index (χ4v) is 3.42. The third-order valence-electron chi connectivity index (χ3n) is 4.64. The van der Waals surface area contributed by atoms with Gasteiger partial charge in [0.2, 0.25) is 0 Å². The zero-order valence-electron chi connectivity index (χ0n) is 9.53. The summed E-state index contributed by atoms with van der Waals surface area (Å²) in [5.41, 5.74) is 8.51. The van der Waals surface area contributed by atoms with Crippen molar-refractivity contribution in [2.45, 2.75) is 38.1 Å². The molecule has 0 radical (unpaired) electrons. The van der Waals surface area contributed by atoms with E-state index in [2.05, 4.69) is 44.2 Å². The predicted molar refractivity (Wildman–Crippen MR) is 62.6 cm³/mol. The van der Waals surface area contributed by atoms with Crippen LogP contribution in [-0.2, 0) is 5.41 Å². The first kappa shape index (κ1) is 9.41. The van der Waals surface area contributed by atoms with E-state index in [1.807, 2.05) is 0 Å². The molecule has 0 spiro atoms. The Balaban J connectivity index is 1.94. The third kappa shape index (κ3) is 1.13. The highest BCUT2D eigenvalue weighted by Crippen LogP contribution is 2.69. The molecule has 2 fully saturated rings. The molecule has 2 N–H and O–H groups in total. The summed E-state index contributed by atoms with van der Waals surface area (Å²) in [7, 11) is 0. The summed E-state index contributed by atoms with van der Waals surface area (Å²) in [5.74, 6) is 0.701. The van der Waals surface area contributed by atoms with Gasteiger partial charge in [-0.2, -0.15) is 0 Å². The maximum Gasteiger partial charge on any atom is 0.0136 e. The summed E-state index contributed by atoms with van der Waals surface area (Å²) in [6.45, 7) is 4.62. The molecule has 1 heteroatoms. The van der Waals surface area contributed by atoms with Crippen molar-refractivity contribution < 1.29 is 0 Å². The molecule has 0 heterocycles. The van der Waals surface area contributed by atoms with E-state index in [9.17, 15) is 0 Å². The summed E-state index contributed by atoms with van der Waals surface area (Å²) in [5, 5.41) is 0. The van der Waals surface area contributed by atoms with E-state index in [0.717, 1.165) is 0 Å². The lowest BCUT2D eigenvalue weighted by atomic mass is 9.87. The van der Waals surface area contributed by atoms with Gasteiger partial charge in [-0.3, -0.25) is 0 Å². The fraction of sp³-hybridized carbons (Fsp3) is 0.571. The van der Waals surface area contributed by atoms with Crippen LogP contribution in [-0.4, -0.2) is 6.04 Å². The lowest BCUT2D eigenvalue weighted by Crippen LogP contribution is -2.15. The summed E-state index contributed by atoms with van der Waals surface area (Å²) in [6, 6.07) is 11.3. The number of hydrogen-bond donors (Lipinski definition) is 1. The maximum absolute atomic E-state index is 6.21. The Labute approximate surface area is 91.7 Å². The van der Waals surface area contributed by atoms with Crippen molar-refractivity contribution in [1.29, 1.82) is 0 Å². The highest BCUT2D eigenvalue weighted by Gasteiger charge is 2.69. The predicted octanol–water partition coefficient (Wildman–Crippen LogP) is 2.70. The van der Waals surface area contributed by atoms with Gasteiger partial charge in [-0.25, -0.2) is 0 Å². The SMILES string of the molecule is CC1(C)C(N)C1C1(c2ccccc2)CC1. The second kappa shape index (κ2) is 2.65. The molecule has 15 heavy (non-hydrogen) atoms. The van der Waals surface area contributed by atoms with Crippen molar-refractivity contribution in [3.63, 3.8) is 0 Å². The molecule has 2 aliphatic rings. The van der Waals surface area contributed by atoms with E-state index in [0.29, 0.717) is 22.8 Å². The van der Waals surface area contributed by atoms with Crippen LogP contribution < -0.4 is 5.73 Å². The Bertz CT molecular complexity index is 376. The van der Waals surface area contributed by atoms with Gasteiger partial charge in [0.15, 0.2) is 0 Å². The van der Waals surface area contributed by atoms with Gasteiger partial charge in [-0.15, -0.1) is 0 Å². The van der Waals surface area contributed by atoms with E-state index in [1.165, 1.54) is 18.4 Å². The van der Waals surface area contributed by atoms with Crippen LogP contribution in [0.3, 0.4) is 0 Å². The molecule has 3 rings (SSSR count). The molecule has 0 amide bonds. The first-order valence-electron chi connectivity index (χ1n) is 5.90. The molecular formula is C14H19N. The lowest BCUT2D eigenvalue weighted by Gasteiger charge is -2.17. The maximum atomic E-state index is 6.21. The average Bonchev–Trinajstić information content (AvgIpc) is 3.09. The second-order valence-electron chi connectivity index (χ2n) is 5.85. The van der Waals surface area contributed by atoms with Crippen LogP contribution in [0.5, 0.6) is 0 Å². The molecule has 0 aliphatic heterocycles. The van der Waals surface area contributed by atoms with Crippen LogP contribution in [0.1, 0.15) is 32.3 Å². The molecule has 2 atom stereocenters. The van der Waals surface area contributed by atoms with Crippen molar-refractivity contribution in [3.8, 4) is 0 Å². The Hall–Kier alpha value is -0.820. The number of rotatable bonds is 2. The molecule has 0 aromatic heterocycles. The lowest BCUT2D eigenvalue weighted by molar-refractivity contribution is 0.469. The minimum Gasteiger partial charge on any atom is -0.327 e. The molecule has 2 unspecified atom stereocenters. The van der Waals surface area contributed by atoms with E-state index in [4.69, 9.17) is 5.73 Å². The smallest absolute Gasteiger partial charge is 0.0136 e. The minimum atomic E-state index is 0.354. The van der Waals surface area contributed by atoms with E-state index in [1.54, 1.807) is 0 Å². The summed E-state index contributed by atoms with van der Waals surface area (Å²) >= 11 is 0.